The summed E-state index contributed by atoms with van der Waals surface area (Å²) in [5, 5.41) is 10.3. The maximum absolute atomic E-state index is 10.3. The van der Waals surface area contributed by atoms with Gasteiger partial charge in [0.25, 0.3) is 0 Å². The van der Waals surface area contributed by atoms with Crippen LogP contribution in [0.15, 0.2) is 0 Å². The van der Waals surface area contributed by atoms with E-state index in [1.165, 1.54) is 25.7 Å². The molecule has 1 N–H and O–H groups in total. The number of hydrogen-bond donors (Lipinski definition) is 1. The first-order valence-electron chi connectivity index (χ1n) is 5.77. The summed E-state index contributed by atoms with van der Waals surface area (Å²) < 4.78 is 5.04. The fraction of sp³-hybridized carbons (Fsp3) is 1.00. The highest BCUT2D eigenvalue weighted by Gasteiger charge is 2.34. The smallest absolute Gasteiger partial charge is 0.0669 e. The Hall–Kier alpha value is -0.0800. The van der Waals surface area contributed by atoms with Crippen LogP contribution >= 0.6 is 0 Å². The van der Waals surface area contributed by atoms with Gasteiger partial charge in [0.05, 0.1) is 5.60 Å². The Kier molecular flexibility index (Phi) is 4.39. The van der Waals surface area contributed by atoms with Crippen LogP contribution in [0.25, 0.3) is 0 Å². The van der Waals surface area contributed by atoms with E-state index in [0.717, 1.165) is 12.3 Å². The molecule has 84 valence electrons. The Morgan fingerprint density at radius 1 is 1.43 bits per heavy atom. The maximum Gasteiger partial charge on any atom is 0.0669 e. The van der Waals surface area contributed by atoms with Gasteiger partial charge in [-0.3, -0.25) is 0 Å². The highest BCUT2D eigenvalue weighted by atomic mass is 16.5. The third kappa shape index (κ3) is 3.25. The molecule has 0 aromatic rings. The lowest BCUT2D eigenvalue weighted by molar-refractivity contribution is -0.0449. The topological polar surface area (TPSA) is 29.5 Å². The van der Waals surface area contributed by atoms with Crippen LogP contribution in [-0.2, 0) is 4.74 Å². The number of ether oxygens (including phenoxy) is 1. The molecule has 0 amide bonds. The average molecular weight is 200 g/mol. The number of aliphatic hydroxyl groups is 1. The van der Waals surface area contributed by atoms with E-state index in [4.69, 9.17) is 4.74 Å². The first-order chi connectivity index (χ1) is 6.56. The summed E-state index contributed by atoms with van der Waals surface area (Å²) in [6.45, 7) is 4.92. The highest BCUT2D eigenvalue weighted by molar-refractivity contribution is 4.85. The van der Waals surface area contributed by atoms with Gasteiger partial charge in [-0.05, 0) is 38.0 Å². The number of hydrogen-bond acceptors (Lipinski definition) is 2. The molecule has 0 saturated heterocycles. The van der Waals surface area contributed by atoms with Crippen molar-refractivity contribution < 1.29 is 9.84 Å². The summed E-state index contributed by atoms with van der Waals surface area (Å²) in [4.78, 5) is 0. The Morgan fingerprint density at radius 3 is 2.71 bits per heavy atom. The molecule has 3 unspecified atom stereocenters. The first-order valence-corrected chi connectivity index (χ1v) is 5.77. The lowest BCUT2D eigenvalue weighted by Crippen LogP contribution is -2.38. The van der Waals surface area contributed by atoms with Crippen molar-refractivity contribution in [3.05, 3.63) is 0 Å². The summed E-state index contributed by atoms with van der Waals surface area (Å²) in [7, 11) is 1.69. The van der Waals surface area contributed by atoms with Crippen LogP contribution < -0.4 is 0 Å². The molecule has 3 atom stereocenters. The SMILES string of the molecule is COCCC(C)(O)C1CCCC(C)C1. The van der Waals surface area contributed by atoms with Gasteiger partial charge in [0.1, 0.15) is 0 Å². The number of rotatable bonds is 4. The molecule has 0 aromatic carbocycles. The van der Waals surface area contributed by atoms with Crippen LogP contribution in [0.3, 0.4) is 0 Å². The summed E-state index contributed by atoms with van der Waals surface area (Å²) in [6.07, 6.45) is 5.73. The summed E-state index contributed by atoms with van der Waals surface area (Å²) in [6, 6.07) is 0. The predicted molar refractivity (Wildman–Crippen MR) is 58.2 cm³/mol. The monoisotopic (exact) mass is 200 g/mol. The second kappa shape index (κ2) is 5.13. The Morgan fingerprint density at radius 2 is 2.14 bits per heavy atom. The van der Waals surface area contributed by atoms with E-state index in [0.29, 0.717) is 12.5 Å². The van der Waals surface area contributed by atoms with Gasteiger partial charge in [-0.25, -0.2) is 0 Å². The van der Waals surface area contributed by atoms with Gasteiger partial charge in [-0.2, -0.15) is 0 Å². The Labute approximate surface area is 87.7 Å². The van der Waals surface area contributed by atoms with Gasteiger partial charge in [0.15, 0.2) is 0 Å². The normalized spacial score (nSPS) is 32.6. The van der Waals surface area contributed by atoms with E-state index in [2.05, 4.69) is 6.92 Å². The molecule has 1 rings (SSSR count). The molecule has 0 aromatic heterocycles. The molecule has 1 saturated carbocycles. The van der Waals surface area contributed by atoms with Crippen molar-refractivity contribution in [3.63, 3.8) is 0 Å². The fourth-order valence-electron chi connectivity index (χ4n) is 2.51. The molecular weight excluding hydrogens is 176 g/mol. The molecule has 1 fully saturated rings. The van der Waals surface area contributed by atoms with E-state index in [-0.39, 0.29) is 0 Å². The molecule has 0 bridgehead atoms. The van der Waals surface area contributed by atoms with Crippen molar-refractivity contribution in [1.29, 1.82) is 0 Å². The van der Waals surface area contributed by atoms with E-state index >= 15 is 0 Å². The number of methoxy groups -OCH3 is 1. The molecule has 0 radical (unpaired) electrons. The highest BCUT2D eigenvalue weighted by Crippen LogP contribution is 2.37. The van der Waals surface area contributed by atoms with Crippen LogP contribution in [0.5, 0.6) is 0 Å². The van der Waals surface area contributed by atoms with Crippen molar-refractivity contribution in [2.75, 3.05) is 13.7 Å². The van der Waals surface area contributed by atoms with Crippen molar-refractivity contribution in [1.82, 2.24) is 0 Å². The molecule has 1 aliphatic carbocycles. The van der Waals surface area contributed by atoms with Crippen LogP contribution in [0, 0.1) is 11.8 Å². The lowest BCUT2D eigenvalue weighted by atomic mass is 9.73. The van der Waals surface area contributed by atoms with E-state index in [1.54, 1.807) is 7.11 Å². The minimum Gasteiger partial charge on any atom is -0.390 e. The molecule has 0 heterocycles. The molecule has 0 aliphatic heterocycles. The maximum atomic E-state index is 10.3. The molecule has 1 aliphatic rings. The summed E-state index contributed by atoms with van der Waals surface area (Å²) in [5.74, 6) is 1.25. The van der Waals surface area contributed by atoms with Gasteiger partial charge >= 0.3 is 0 Å². The van der Waals surface area contributed by atoms with Crippen LogP contribution in [0.2, 0.25) is 0 Å². The van der Waals surface area contributed by atoms with E-state index in [1.807, 2.05) is 6.92 Å². The summed E-state index contributed by atoms with van der Waals surface area (Å²) in [5.41, 5.74) is -0.523. The predicted octanol–water partition coefficient (Wildman–Crippen LogP) is 2.60. The van der Waals surface area contributed by atoms with Gasteiger partial charge in [-0.1, -0.05) is 19.8 Å². The first kappa shape index (κ1) is 12.0. The standard InChI is InChI=1S/C12H24O2/c1-10-5-4-6-11(9-10)12(2,13)7-8-14-3/h10-11,13H,4-9H2,1-3H3. The van der Waals surface area contributed by atoms with Crippen molar-refractivity contribution in [3.8, 4) is 0 Å². The fourth-order valence-corrected chi connectivity index (χ4v) is 2.51. The zero-order valence-corrected chi connectivity index (χ0v) is 9.75. The zero-order chi connectivity index (χ0) is 10.6. The van der Waals surface area contributed by atoms with Crippen molar-refractivity contribution >= 4 is 0 Å². The van der Waals surface area contributed by atoms with Gasteiger partial charge in [0, 0.05) is 13.7 Å². The Bertz CT molecular complexity index is 166. The van der Waals surface area contributed by atoms with Gasteiger partial charge in [-0.15, -0.1) is 0 Å². The van der Waals surface area contributed by atoms with Crippen LogP contribution in [-0.4, -0.2) is 24.4 Å². The largest absolute Gasteiger partial charge is 0.390 e. The minimum atomic E-state index is -0.523. The molecule has 0 spiro atoms. The van der Waals surface area contributed by atoms with E-state index in [9.17, 15) is 5.11 Å². The lowest BCUT2D eigenvalue weighted by Gasteiger charge is -2.37. The van der Waals surface area contributed by atoms with Crippen molar-refractivity contribution in [2.45, 2.75) is 51.6 Å². The van der Waals surface area contributed by atoms with Crippen molar-refractivity contribution in [2.24, 2.45) is 11.8 Å². The molecule has 2 heteroatoms. The second-order valence-electron chi connectivity index (χ2n) is 5.07. The zero-order valence-electron chi connectivity index (χ0n) is 9.75. The third-order valence-electron chi connectivity index (χ3n) is 3.63. The second-order valence-corrected chi connectivity index (χ2v) is 5.07. The van der Waals surface area contributed by atoms with Crippen LogP contribution in [0.4, 0.5) is 0 Å². The van der Waals surface area contributed by atoms with Crippen LogP contribution in [0.1, 0.15) is 46.0 Å². The van der Waals surface area contributed by atoms with Gasteiger partial charge in [0.2, 0.25) is 0 Å². The average Bonchev–Trinajstić information content (AvgIpc) is 2.15. The quantitative estimate of drug-likeness (QED) is 0.756. The minimum absolute atomic E-state index is 0.474. The Balaban J connectivity index is 2.43. The molecule has 14 heavy (non-hydrogen) atoms. The summed E-state index contributed by atoms with van der Waals surface area (Å²) >= 11 is 0. The molecular formula is C12H24O2. The van der Waals surface area contributed by atoms with E-state index < -0.39 is 5.60 Å². The third-order valence-corrected chi connectivity index (χ3v) is 3.63. The molecule has 2 nitrogen and oxygen atoms in total. The van der Waals surface area contributed by atoms with Gasteiger partial charge < -0.3 is 9.84 Å².